The molecule has 0 spiro atoms. The maximum absolute atomic E-state index is 12.6. The Hall–Kier alpha value is -2.57. The molecule has 0 bridgehead atoms. The molecule has 4 rings (SSSR count). The third-order valence-corrected chi connectivity index (χ3v) is 5.20. The zero-order chi connectivity index (χ0) is 18.3. The molecule has 1 N–H and O–H groups in total. The Kier molecular flexibility index (Phi) is 4.30. The Morgan fingerprint density at radius 1 is 1.12 bits per heavy atom. The van der Waals surface area contributed by atoms with Crippen LogP contribution in [0, 0.1) is 5.21 Å². The second-order valence-corrected chi connectivity index (χ2v) is 7.01. The molecule has 1 aliphatic rings. The van der Waals surface area contributed by atoms with Gasteiger partial charge >= 0.3 is 0 Å². The average molecular weight is 371 g/mol. The van der Waals surface area contributed by atoms with Crippen LogP contribution in [0.25, 0.3) is 22.0 Å². The number of aromatic nitrogens is 2. The van der Waals surface area contributed by atoms with Crippen LogP contribution in [0.3, 0.4) is 0 Å². The molecule has 26 heavy (non-hydrogen) atoms. The van der Waals surface area contributed by atoms with Gasteiger partial charge in [0, 0.05) is 40.5 Å². The molecule has 6 nitrogen and oxygen atoms in total. The molecule has 1 fully saturated rings. The van der Waals surface area contributed by atoms with Crippen LogP contribution in [-0.2, 0) is 0 Å². The second kappa shape index (κ2) is 6.63. The van der Waals surface area contributed by atoms with Crippen molar-refractivity contribution in [3.8, 4) is 11.3 Å². The fourth-order valence-electron chi connectivity index (χ4n) is 3.32. The van der Waals surface area contributed by atoms with E-state index in [4.69, 9.17) is 11.6 Å². The van der Waals surface area contributed by atoms with Gasteiger partial charge in [-0.15, -0.1) is 0 Å². The van der Waals surface area contributed by atoms with E-state index in [1.807, 2.05) is 18.2 Å². The van der Waals surface area contributed by atoms with Crippen molar-refractivity contribution in [2.24, 2.45) is 0 Å². The monoisotopic (exact) mass is 370 g/mol. The number of benzene rings is 1. The van der Waals surface area contributed by atoms with Gasteiger partial charge in [0.25, 0.3) is 11.4 Å². The van der Waals surface area contributed by atoms with Crippen molar-refractivity contribution in [1.29, 1.82) is 0 Å². The van der Waals surface area contributed by atoms with Crippen LogP contribution in [0.1, 0.15) is 0 Å². The molecule has 134 valence electrons. The summed E-state index contributed by atoms with van der Waals surface area (Å²) in [7, 11) is 2.08. The van der Waals surface area contributed by atoms with E-state index in [2.05, 4.69) is 21.8 Å². The lowest BCUT2D eigenvalue weighted by Gasteiger charge is -2.29. The zero-order valence-corrected chi connectivity index (χ0v) is 15.2. The fourth-order valence-corrected chi connectivity index (χ4v) is 3.55. The SMILES string of the molecule is CN1CCN(c2ccc(-c3cc4c(Cl)cccc4c(=O)[nH]3)c[n+]2[O-])CC1. The van der Waals surface area contributed by atoms with Crippen molar-refractivity contribution in [3.63, 3.8) is 0 Å². The van der Waals surface area contributed by atoms with Gasteiger partial charge in [-0.25, -0.2) is 4.73 Å². The molecule has 0 radical (unpaired) electrons. The average Bonchev–Trinajstić information content (AvgIpc) is 2.63. The Bertz CT molecular complexity index is 1030. The van der Waals surface area contributed by atoms with Crippen molar-refractivity contribution in [3.05, 3.63) is 63.2 Å². The highest BCUT2D eigenvalue weighted by molar-refractivity contribution is 6.35. The molecule has 1 saturated heterocycles. The van der Waals surface area contributed by atoms with Gasteiger partial charge in [0.05, 0.1) is 18.8 Å². The molecule has 1 aromatic carbocycles. The molecular weight excluding hydrogens is 352 g/mol. The molecule has 1 aliphatic heterocycles. The maximum atomic E-state index is 12.6. The van der Waals surface area contributed by atoms with E-state index in [-0.39, 0.29) is 5.56 Å². The van der Waals surface area contributed by atoms with E-state index in [1.54, 1.807) is 18.2 Å². The third kappa shape index (κ3) is 3.02. The van der Waals surface area contributed by atoms with Crippen LogP contribution in [-0.4, -0.2) is 43.1 Å². The minimum atomic E-state index is -0.222. The zero-order valence-electron chi connectivity index (χ0n) is 14.4. The van der Waals surface area contributed by atoms with Crippen LogP contribution in [0.4, 0.5) is 5.82 Å². The van der Waals surface area contributed by atoms with Gasteiger partial charge in [-0.1, -0.05) is 17.7 Å². The fraction of sp³-hybridized carbons (Fsp3) is 0.263. The lowest BCUT2D eigenvalue weighted by atomic mass is 10.1. The summed E-state index contributed by atoms with van der Waals surface area (Å²) in [6.07, 6.45) is 1.50. The highest BCUT2D eigenvalue weighted by Crippen LogP contribution is 2.25. The molecule has 0 unspecified atom stereocenters. The summed E-state index contributed by atoms with van der Waals surface area (Å²) >= 11 is 6.23. The Morgan fingerprint density at radius 2 is 1.88 bits per heavy atom. The number of hydrogen-bond acceptors (Lipinski definition) is 4. The normalized spacial score (nSPS) is 15.5. The van der Waals surface area contributed by atoms with Crippen molar-refractivity contribution in [1.82, 2.24) is 9.88 Å². The van der Waals surface area contributed by atoms with Crippen LogP contribution < -0.4 is 15.2 Å². The second-order valence-electron chi connectivity index (χ2n) is 6.61. The first-order valence-electron chi connectivity index (χ1n) is 8.51. The number of anilines is 1. The standard InChI is InChI=1S/C19H19ClN4O2/c1-22-7-9-23(10-8-22)18-6-5-13(12-24(18)26)17-11-15-14(19(25)21-17)3-2-4-16(15)20/h2-6,11-12H,7-10H2,1H3,(H,21,25). The number of hydrogen-bond donors (Lipinski definition) is 1. The number of nitrogens with zero attached hydrogens (tertiary/aromatic N) is 3. The molecule has 3 heterocycles. The molecule has 2 aromatic heterocycles. The minimum Gasteiger partial charge on any atom is -0.711 e. The van der Waals surface area contributed by atoms with Crippen LogP contribution >= 0.6 is 11.6 Å². The lowest BCUT2D eigenvalue weighted by Crippen LogP contribution is -2.48. The molecule has 0 atom stereocenters. The summed E-state index contributed by atoms with van der Waals surface area (Å²) in [6.45, 7) is 3.50. The van der Waals surface area contributed by atoms with Gasteiger partial charge in [-0.3, -0.25) is 14.6 Å². The topological polar surface area (TPSA) is 66.3 Å². The third-order valence-electron chi connectivity index (χ3n) is 4.87. The molecule has 0 saturated carbocycles. The van der Waals surface area contributed by atoms with Gasteiger partial charge < -0.3 is 10.2 Å². The lowest BCUT2D eigenvalue weighted by molar-refractivity contribution is -0.591. The number of halogens is 1. The van der Waals surface area contributed by atoms with Gasteiger partial charge in [0.1, 0.15) is 6.20 Å². The number of piperazine rings is 1. The number of nitrogens with one attached hydrogen (secondary N) is 1. The molecule has 0 aliphatic carbocycles. The Morgan fingerprint density at radius 3 is 2.62 bits per heavy atom. The number of pyridine rings is 2. The van der Waals surface area contributed by atoms with Gasteiger partial charge in [0.2, 0.25) is 0 Å². The predicted octanol–water partition coefficient (Wildman–Crippen LogP) is 2.23. The summed E-state index contributed by atoms with van der Waals surface area (Å²) in [4.78, 5) is 19.5. The maximum Gasteiger partial charge on any atom is 0.279 e. The van der Waals surface area contributed by atoms with Gasteiger partial charge in [0.15, 0.2) is 0 Å². The predicted molar refractivity (Wildman–Crippen MR) is 104 cm³/mol. The van der Waals surface area contributed by atoms with Gasteiger partial charge in [-0.2, -0.15) is 0 Å². The van der Waals surface area contributed by atoms with Crippen molar-refractivity contribution in [2.75, 3.05) is 38.1 Å². The number of aromatic amines is 1. The Balaban J connectivity index is 1.73. The van der Waals surface area contributed by atoms with Crippen molar-refractivity contribution < 1.29 is 4.73 Å². The highest BCUT2D eigenvalue weighted by Gasteiger charge is 2.22. The Labute approximate surface area is 155 Å². The molecule has 7 heteroatoms. The molecule has 3 aromatic rings. The molecule has 0 amide bonds. The number of H-pyrrole nitrogens is 1. The smallest absolute Gasteiger partial charge is 0.279 e. The van der Waals surface area contributed by atoms with E-state index in [9.17, 15) is 10.0 Å². The number of rotatable bonds is 2. The van der Waals surface area contributed by atoms with Crippen LogP contribution in [0.15, 0.2) is 47.4 Å². The largest absolute Gasteiger partial charge is 0.711 e. The first-order chi connectivity index (χ1) is 12.5. The molecular formula is C19H19ClN4O2. The van der Waals surface area contributed by atoms with Gasteiger partial charge in [-0.05, 0) is 31.3 Å². The van der Waals surface area contributed by atoms with Crippen LogP contribution in [0.2, 0.25) is 5.02 Å². The number of likely N-dealkylation sites (N-methyl/N-ethyl adjacent to an activating group) is 1. The van der Waals surface area contributed by atoms with Crippen LogP contribution in [0.5, 0.6) is 0 Å². The summed E-state index contributed by atoms with van der Waals surface area (Å²) in [5.74, 6) is 0.628. The van der Waals surface area contributed by atoms with E-state index in [1.165, 1.54) is 6.20 Å². The first kappa shape index (κ1) is 16.9. The van der Waals surface area contributed by atoms with E-state index >= 15 is 0 Å². The quantitative estimate of drug-likeness (QED) is 0.555. The highest BCUT2D eigenvalue weighted by atomic mass is 35.5. The van der Waals surface area contributed by atoms with Crippen molar-refractivity contribution in [2.45, 2.75) is 0 Å². The van der Waals surface area contributed by atoms with E-state index < -0.39 is 0 Å². The first-order valence-corrected chi connectivity index (χ1v) is 8.89. The summed E-state index contributed by atoms with van der Waals surface area (Å²) in [5, 5.41) is 14.3. The number of fused-ring (bicyclic) bond motifs is 1. The minimum absolute atomic E-state index is 0.222. The summed E-state index contributed by atoms with van der Waals surface area (Å²) in [5.41, 5.74) is 1.00. The van der Waals surface area contributed by atoms with E-state index in [0.717, 1.165) is 30.9 Å². The van der Waals surface area contributed by atoms with E-state index in [0.29, 0.717) is 32.9 Å². The summed E-state index contributed by atoms with van der Waals surface area (Å²) in [6, 6.07) is 10.7. The summed E-state index contributed by atoms with van der Waals surface area (Å²) < 4.78 is 0.871. The van der Waals surface area contributed by atoms with Crippen molar-refractivity contribution >= 4 is 28.2 Å².